The van der Waals surface area contributed by atoms with Crippen LogP contribution in [0.15, 0.2) is 30.3 Å². The Kier molecular flexibility index (Phi) is 11.8. The molecule has 1 aliphatic heterocycles. The first kappa shape index (κ1) is 34.1. The molecule has 5 rings (SSSR count). The summed E-state index contributed by atoms with van der Waals surface area (Å²) in [5, 5.41) is 0. The largest absolute Gasteiger partial charge is 0.432 e. The van der Waals surface area contributed by atoms with Crippen molar-refractivity contribution in [1.29, 1.82) is 0 Å². The molecule has 3 nitrogen and oxygen atoms in total. The lowest BCUT2D eigenvalue weighted by Gasteiger charge is -2.38. The molecule has 1 heterocycles. The van der Waals surface area contributed by atoms with E-state index in [1.807, 2.05) is 0 Å². The van der Waals surface area contributed by atoms with E-state index < -0.39 is 47.3 Å². The first-order chi connectivity index (χ1) is 21.6. The van der Waals surface area contributed by atoms with Gasteiger partial charge < -0.3 is 14.2 Å². The quantitative estimate of drug-likeness (QED) is 0.131. The van der Waals surface area contributed by atoms with E-state index in [9.17, 15) is 22.0 Å². The fraction of sp³-hybridized carbons (Fsp3) is 0.667. The summed E-state index contributed by atoms with van der Waals surface area (Å²) in [6, 6.07) is 5.70. The molecular weight excluding hydrogens is 594 g/mol. The molecule has 0 radical (unpaired) electrons. The summed E-state index contributed by atoms with van der Waals surface area (Å²) in [5.41, 5.74) is 1.06. The van der Waals surface area contributed by atoms with Crippen LogP contribution in [0.1, 0.15) is 120 Å². The zero-order valence-corrected chi connectivity index (χ0v) is 26.2. The fourth-order valence-corrected chi connectivity index (χ4v) is 7.56. The highest BCUT2D eigenvalue weighted by Gasteiger charge is 2.44. The van der Waals surface area contributed by atoms with Crippen LogP contribution in [0.3, 0.4) is 0 Å². The minimum Gasteiger partial charge on any atom is -0.432 e. The van der Waals surface area contributed by atoms with Gasteiger partial charge in [-0.25, -0.2) is 17.6 Å². The van der Waals surface area contributed by atoms with E-state index in [1.165, 1.54) is 70.3 Å². The van der Waals surface area contributed by atoms with Crippen LogP contribution < -0.4 is 4.74 Å². The van der Waals surface area contributed by atoms with Gasteiger partial charge in [-0.2, -0.15) is 8.78 Å². The highest BCUT2D eigenvalue weighted by atomic mass is 19.3. The normalized spacial score (nSPS) is 27.8. The van der Waals surface area contributed by atoms with E-state index in [1.54, 1.807) is 12.1 Å². The lowest BCUT2D eigenvalue weighted by molar-refractivity contribution is -0.222. The lowest BCUT2D eigenvalue weighted by Crippen LogP contribution is -2.37. The topological polar surface area (TPSA) is 27.7 Å². The van der Waals surface area contributed by atoms with Crippen LogP contribution in [0.5, 0.6) is 5.75 Å². The fourth-order valence-electron chi connectivity index (χ4n) is 7.56. The predicted molar refractivity (Wildman–Crippen MR) is 160 cm³/mol. The third kappa shape index (κ3) is 8.76. The molecule has 0 unspecified atom stereocenters. The predicted octanol–water partition coefficient (Wildman–Crippen LogP) is 11.0. The van der Waals surface area contributed by atoms with Crippen molar-refractivity contribution in [3.63, 3.8) is 0 Å². The van der Waals surface area contributed by atoms with Crippen molar-refractivity contribution >= 4 is 0 Å². The van der Waals surface area contributed by atoms with Crippen LogP contribution in [0.4, 0.5) is 26.3 Å². The highest BCUT2D eigenvalue weighted by Crippen LogP contribution is 2.45. The summed E-state index contributed by atoms with van der Waals surface area (Å²) >= 11 is 0. The van der Waals surface area contributed by atoms with Gasteiger partial charge in [0.05, 0.1) is 19.1 Å². The molecule has 3 aliphatic rings. The number of unbranched alkanes of at least 4 members (excludes halogenated alkanes) is 4. The van der Waals surface area contributed by atoms with E-state index in [-0.39, 0.29) is 18.8 Å². The number of halogens is 6. The van der Waals surface area contributed by atoms with Gasteiger partial charge in [-0.15, -0.1) is 0 Å². The number of hydrogen-bond donors (Lipinski definition) is 0. The van der Waals surface area contributed by atoms with E-state index in [2.05, 4.69) is 11.7 Å². The maximum absolute atomic E-state index is 15.3. The van der Waals surface area contributed by atoms with Gasteiger partial charge in [0.1, 0.15) is 11.6 Å². The zero-order chi connectivity index (χ0) is 32.0. The minimum absolute atomic E-state index is 0.0299. The van der Waals surface area contributed by atoms with Gasteiger partial charge in [0, 0.05) is 23.6 Å². The summed E-state index contributed by atoms with van der Waals surface area (Å²) in [5.74, 6) is -5.83. The van der Waals surface area contributed by atoms with Gasteiger partial charge in [-0.1, -0.05) is 70.4 Å². The van der Waals surface area contributed by atoms with Crippen molar-refractivity contribution in [3.05, 3.63) is 64.7 Å². The second-order valence-corrected chi connectivity index (χ2v) is 13.4. The van der Waals surface area contributed by atoms with Gasteiger partial charge in [-0.3, -0.25) is 0 Å². The Bertz CT molecular complexity index is 1210. The van der Waals surface area contributed by atoms with Gasteiger partial charge in [-0.05, 0) is 67.9 Å². The molecule has 0 atom stereocenters. The van der Waals surface area contributed by atoms with Crippen molar-refractivity contribution < 1.29 is 40.6 Å². The summed E-state index contributed by atoms with van der Waals surface area (Å²) in [6.07, 6.45) is 9.33. The Labute approximate surface area is 263 Å². The first-order valence-corrected chi connectivity index (χ1v) is 16.9. The Balaban J connectivity index is 1.06. The average molecular weight is 641 g/mol. The smallest absolute Gasteiger partial charge is 0.400 e. The maximum atomic E-state index is 15.3. The monoisotopic (exact) mass is 640 g/mol. The van der Waals surface area contributed by atoms with Crippen molar-refractivity contribution in [3.8, 4) is 5.75 Å². The summed E-state index contributed by atoms with van der Waals surface area (Å²) in [6.45, 7) is 3.44. The number of hydrogen-bond acceptors (Lipinski definition) is 3. The van der Waals surface area contributed by atoms with Crippen molar-refractivity contribution in [2.24, 2.45) is 23.7 Å². The standard InChI is InChI=1S/C36H46F6O3/c1-2-3-4-5-6-7-23-8-10-24(11-9-23)27-21-43-35(44-22-27)26-14-17-30(31(37)18-26)25-12-15-28(16-13-25)36(41,42)45-29-19-32(38)34(40)33(39)20-29/h14,17-20,23-25,27-28,35H,2-13,15-16,21-22H2,1H3. The molecule has 3 fully saturated rings. The van der Waals surface area contributed by atoms with Crippen LogP contribution in [-0.2, 0) is 9.47 Å². The van der Waals surface area contributed by atoms with Gasteiger partial charge in [0.2, 0.25) is 0 Å². The molecule has 2 aliphatic carbocycles. The Morgan fingerprint density at radius 3 is 2.00 bits per heavy atom. The second-order valence-electron chi connectivity index (χ2n) is 13.4. The molecule has 9 heteroatoms. The van der Waals surface area contributed by atoms with Crippen LogP contribution in [-0.4, -0.2) is 19.3 Å². The summed E-state index contributed by atoms with van der Waals surface area (Å²) in [4.78, 5) is 0. The number of alkyl halides is 2. The molecule has 2 saturated carbocycles. The molecule has 0 aromatic heterocycles. The Morgan fingerprint density at radius 2 is 1.38 bits per heavy atom. The second kappa shape index (κ2) is 15.6. The third-order valence-electron chi connectivity index (χ3n) is 10.3. The molecule has 0 bridgehead atoms. The van der Waals surface area contributed by atoms with Crippen molar-refractivity contribution in [2.45, 2.75) is 115 Å². The van der Waals surface area contributed by atoms with Gasteiger partial charge >= 0.3 is 6.11 Å². The average Bonchev–Trinajstić information content (AvgIpc) is 3.04. The van der Waals surface area contributed by atoms with Crippen molar-refractivity contribution in [1.82, 2.24) is 0 Å². The molecular formula is C36H46F6O3. The number of ether oxygens (including phenoxy) is 3. The van der Waals surface area contributed by atoms with E-state index in [0.29, 0.717) is 61.2 Å². The van der Waals surface area contributed by atoms with Gasteiger partial charge in [0.15, 0.2) is 23.7 Å². The molecule has 0 spiro atoms. The SMILES string of the molecule is CCCCCCCC1CCC(C2COC(c3ccc(C4CCC(C(F)(F)Oc5cc(F)c(F)c(F)c5)CC4)c(F)c3)OC2)CC1. The third-order valence-corrected chi connectivity index (χ3v) is 10.3. The number of rotatable bonds is 12. The van der Waals surface area contributed by atoms with Crippen LogP contribution in [0, 0.1) is 46.9 Å². The molecule has 45 heavy (non-hydrogen) atoms. The van der Waals surface area contributed by atoms with E-state index >= 15 is 4.39 Å². The molecule has 0 N–H and O–H groups in total. The van der Waals surface area contributed by atoms with Crippen LogP contribution >= 0.6 is 0 Å². The summed E-state index contributed by atoms with van der Waals surface area (Å²) < 4.78 is 102. The number of benzene rings is 2. The van der Waals surface area contributed by atoms with E-state index in [4.69, 9.17) is 9.47 Å². The molecule has 2 aromatic carbocycles. The van der Waals surface area contributed by atoms with Crippen LogP contribution in [0.25, 0.3) is 0 Å². The highest BCUT2D eigenvalue weighted by molar-refractivity contribution is 5.29. The van der Waals surface area contributed by atoms with Crippen molar-refractivity contribution in [2.75, 3.05) is 13.2 Å². The molecule has 0 amide bonds. The molecule has 250 valence electrons. The molecule has 2 aromatic rings. The first-order valence-electron chi connectivity index (χ1n) is 16.9. The minimum atomic E-state index is -3.72. The van der Waals surface area contributed by atoms with E-state index in [0.717, 1.165) is 5.92 Å². The maximum Gasteiger partial charge on any atom is 0.400 e. The van der Waals surface area contributed by atoms with Crippen LogP contribution in [0.2, 0.25) is 0 Å². The zero-order valence-electron chi connectivity index (χ0n) is 26.2. The van der Waals surface area contributed by atoms with Gasteiger partial charge in [0.25, 0.3) is 0 Å². The summed E-state index contributed by atoms with van der Waals surface area (Å²) in [7, 11) is 0. The lowest BCUT2D eigenvalue weighted by atomic mass is 9.74. The molecule has 1 saturated heterocycles. The Hall–Kier alpha value is -2.26. The Morgan fingerprint density at radius 1 is 0.733 bits per heavy atom.